The first-order valence-corrected chi connectivity index (χ1v) is 4.02. The first kappa shape index (κ1) is 6.98. The lowest BCUT2D eigenvalue weighted by Crippen LogP contribution is -2.23. The average Bonchev–Trinajstić information content (AvgIpc) is 1.78. The van der Waals surface area contributed by atoms with Gasteiger partial charge in [0.05, 0.1) is 5.60 Å². The minimum absolute atomic E-state index is 0.356. The summed E-state index contributed by atoms with van der Waals surface area (Å²) in [5.74, 6) is 0. The molecule has 0 aromatic carbocycles. The second kappa shape index (κ2) is 1.68. The van der Waals surface area contributed by atoms with Crippen molar-refractivity contribution in [1.82, 2.24) is 4.72 Å². The van der Waals surface area contributed by atoms with E-state index in [0.717, 1.165) is 0 Å². The van der Waals surface area contributed by atoms with Crippen molar-refractivity contribution < 1.29 is 12.6 Å². The zero-order chi connectivity index (χ0) is 7.12. The van der Waals surface area contributed by atoms with Gasteiger partial charge in [0.15, 0.2) is 0 Å². The summed E-state index contributed by atoms with van der Waals surface area (Å²) >= 11 is 0. The van der Waals surface area contributed by atoms with E-state index in [-0.39, 0.29) is 0 Å². The van der Waals surface area contributed by atoms with Crippen molar-refractivity contribution in [3.63, 3.8) is 0 Å². The van der Waals surface area contributed by atoms with E-state index in [9.17, 15) is 8.42 Å². The topological polar surface area (TPSA) is 55.4 Å². The third-order valence-corrected chi connectivity index (χ3v) is 2.18. The standard InChI is InChI=1S/C4H9NO3S/c1-4(2)3-5-9(6,7)8-4/h5H,3H2,1-2H3. The van der Waals surface area contributed by atoms with E-state index in [1.807, 2.05) is 0 Å². The fourth-order valence-corrected chi connectivity index (χ4v) is 1.85. The van der Waals surface area contributed by atoms with Crippen LogP contribution in [-0.2, 0) is 14.5 Å². The van der Waals surface area contributed by atoms with Crippen molar-refractivity contribution in [2.75, 3.05) is 6.54 Å². The monoisotopic (exact) mass is 151 g/mol. The van der Waals surface area contributed by atoms with Gasteiger partial charge in [-0.15, -0.1) is 0 Å². The third-order valence-electron chi connectivity index (χ3n) is 1.01. The molecule has 1 heterocycles. The van der Waals surface area contributed by atoms with E-state index in [1.165, 1.54) is 0 Å². The molecule has 0 unspecified atom stereocenters. The lowest BCUT2D eigenvalue weighted by atomic mass is 10.1. The van der Waals surface area contributed by atoms with E-state index >= 15 is 0 Å². The van der Waals surface area contributed by atoms with Crippen LogP contribution in [0.25, 0.3) is 0 Å². The predicted octanol–water partition coefficient (Wildman–Crippen LogP) is -0.370. The summed E-state index contributed by atoms with van der Waals surface area (Å²) < 4.78 is 27.9. The van der Waals surface area contributed by atoms with Gasteiger partial charge in [-0.2, -0.15) is 13.1 Å². The van der Waals surface area contributed by atoms with Crippen LogP contribution in [0.1, 0.15) is 13.8 Å². The molecule has 0 amide bonds. The van der Waals surface area contributed by atoms with Crippen LogP contribution in [-0.4, -0.2) is 20.6 Å². The Balaban J connectivity index is 2.81. The fourth-order valence-electron chi connectivity index (χ4n) is 0.618. The summed E-state index contributed by atoms with van der Waals surface area (Å²) in [5.41, 5.74) is -0.571. The molecule has 1 aliphatic heterocycles. The molecule has 0 radical (unpaired) electrons. The van der Waals surface area contributed by atoms with E-state index in [0.29, 0.717) is 6.54 Å². The molecule has 1 saturated heterocycles. The van der Waals surface area contributed by atoms with Gasteiger partial charge in [0.2, 0.25) is 0 Å². The Morgan fingerprint density at radius 2 is 2.11 bits per heavy atom. The molecule has 54 valence electrons. The van der Waals surface area contributed by atoms with Gasteiger partial charge >= 0.3 is 10.3 Å². The summed E-state index contributed by atoms with van der Waals surface area (Å²) in [4.78, 5) is 0. The highest BCUT2D eigenvalue weighted by Gasteiger charge is 2.34. The molecule has 1 fully saturated rings. The van der Waals surface area contributed by atoms with Crippen LogP contribution < -0.4 is 4.72 Å². The second-order valence-corrected chi connectivity index (χ2v) is 3.98. The van der Waals surface area contributed by atoms with E-state index in [2.05, 4.69) is 8.91 Å². The maximum Gasteiger partial charge on any atom is 0.336 e. The van der Waals surface area contributed by atoms with E-state index < -0.39 is 15.9 Å². The van der Waals surface area contributed by atoms with Gasteiger partial charge in [0, 0.05) is 6.54 Å². The Morgan fingerprint density at radius 3 is 2.22 bits per heavy atom. The Morgan fingerprint density at radius 1 is 1.56 bits per heavy atom. The summed E-state index contributed by atoms with van der Waals surface area (Å²) in [6.07, 6.45) is 0. The molecule has 1 aliphatic rings. The van der Waals surface area contributed by atoms with Crippen molar-refractivity contribution in [1.29, 1.82) is 0 Å². The number of hydrogen-bond donors (Lipinski definition) is 1. The fraction of sp³-hybridized carbons (Fsp3) is 1.00. The first-order chi connectivity index (χ1) is 3.91. The summed E-state index contributed by atoms with van der Waals surface area (Å²) in [5, 5.41) is 0. The van der Waals surface area contributed by atoms with Crippen LogP contribution in [0.15, 0.2) is 0 Å². The van der Waals surface area contributed by atoms with Crippen LogP contribution in [0.4, 0.5) is 0 Å². The van der Waals surface area contributed by atoms with Crippen LogP contribution in [0, 0.1) is 0 Å². The molecule has 0 saturated carbocycles. The van der Waals surface area contributed by atoms with Crippen molar-refractivity contribution in [2.24, 2.45) is 0 Å². The Kier molecular flexibility index (Phi) is 1.30. The van der Waals surface area contributed by atoms with Crippen molar-refractivity contribution in [3.8, 4) is 0 Å². The van der Waals surface area contributed by atoms with Gasteiger partial charge in [-0.3, -0.25) is 4.18 Å². The van der Waals surface area contributed by atoms with Crippen LogP contribution >= 0.6 is 0 Å². The second-order valence-electron chi connectivity index (χ2n) is 2.62. The summed E-state index contributed by atoms with van der Waals surface area (Å²) in [7, 11) is -3.40. The Hall–Kier alpha value is -0.130. The highest BCUT2D eigenvalue weighted by atomic mass is 32.2. The molecular weight excluding hydrogens is 142 g/mol. The van der Waals surface area contributed by atoms with Gasteiger partial charge in [0.25, 0.3) is 0 Å². The lowest BCUT2D eigenvalue weighted by molar-refractivity contribution is 0.155. The molecule has 1 rings (SSSR count). The highest BCUT2D eigenvalue weighted by Crippen LogP contribution is 2.16. The maximum absolute atomic E-state index is 10.5. The lowest BCUT2D eigenvalue weighted by Gasteiger charge is -2.10. The number of rotatable bonds is 0. The molecule has 0 atom stereocenters. The zero-order valence-corrected chi connectivity index (χ0v) is 6.16. The van der Waals surface area contributed by atoms with Crippen LogP contribution in [0.5, 0.6) is 0 Å². The SMILES string of the molecule is CC1(C)CNS(=O)(=O)O1. The molecule has 0 spiro atoms. The van der Waals surface area contributed by atoms with Crippen molar-refractivity contribution >= 4 is 10.3 Å². The average molecular weight is 151 g/mol. The van der Waals surface area contributed by atoms with Crippen LogP contribution in [0.2, 0.25) is 0 Å². The normalized spacial score (nSPS) is 30.4. The summed E-state index contributed by atoms with van der Waals surface area (Å²) in [6.45, 7) is 3.78. The van der Waals surface area contributed by atoms with Gasteiger partial charge in [-0.25, -0.2) is 0 Å². The van der Waals surface area contributed by atoms with Crippen LogP contribution in [0.3, 0.4) is 0 Å². The Bertz CT molecular complexity index is 206. The molecule has 0 aromatic rings. The minimum Gasteiger partial charge on any atom is -0.251 e. The molecule has 9 heavy (non-hydrogen) atoms. The van der Waals surface area contributed by atoms with E-state index in [1.54, 1.807) is 13.8 Å². The summed E-state index contributed by atoms with van der Waals surface area (Å²) in [6, 6.07) is 0. The van der Waals surface area contributed by atoms with E-state index in [4.69, 9.17) is 0 Å². The molecule has 5 heteroatoms. The highest BCUT2D eigenvalue weighted by molar-refractivity contribution is 7.85. The molecular formula is C4H9NO3S. The smallest absolute Gasteiger partial charge is 0.251 e. The minimum atomic E-state index is -3.40. The molecule has 0 bridgehead atoms. The predicted molar refractivity (Wildman–Crippen MR) is 32.1 cm³/mol. The van der Waals surface area contributed by atoms with Gasteiger partial charge in [-0.05, 0) is 13.8 Å². The third kappa shape index (κ3) is 1.64. The van der Waals surface area contributed by atoms with Gasteiger partial charge in [-0.1, -0.05) is 0 Å². The Labute approximate surface area is 54.5 Å². The van der Waals surface area contributed by atoms with Crippen molar-refractivity contribution in [2.45, 2.75) is 19.4 Å². The van der Waals surface area contributed by atoms with Crippen molar-refractivity contribution in [3.05, 3.63) is 0 Å². The number of hydrogen-bond acceptors (Lipinski definition) is 3. The van der Waals surface area contributed by atoms with Gasteiger partial charge < -0.3 is 0 Å². The molecule has 0 aromatic heterocycles. The molecule has 0 aliphatic carbocycles. The number of nitrogens with one attached hydrogen (secondary N) is 1. The molecule has 4 nitrogen and oxygen atoms in total. The largest absolute Gasteiger partial charge is 0.336 e. The quantitative estimate of drug-likeness (QED) is 0.514. The van der Waals surface area contributed by atoms with Gasteiger partial charge in [0.1, 0.15) is 0 Å². The maximum atomic E-state index is 10.5. The zero-order valence-electron chi connectivity index (χ0n) is 5.34. The molecule has 1 N–H and O–H groups in total. The first-order valence-electron chi connectivity index (χ1n) is 2.62.